The molecule has 0 unspecified atom stereocenters. The average Bonchev–Trinajstić information content (AvgIpc) is 2.88. The molecule has 4 bridgehead atoms. The number of rotatable bonds is 4. The van der Waals surface area contributed by atoms with Crippen molar-refractivity contribution in [2.75, 3.05) is 0 Å². The standard InChI is InChI=1S/C25H38B2NO2Si/c1-23(2)24(3,4)30-27(29-23)22(31(5,6)21-10-8-7-9-11-21)28(26)25-15-18-12-19(16-25)14-20(13-18)17-25/h7-11,18-20H,12-17H2,1-6H3/b28-22-. The molecular formula is C25H38B2NO2Si. The summed E-state index contributed by atoms with van der Waals surface area (Å²) in [5.41, 5.74) is -0.661. The normalized spacial score (nSPS) is 36.6. The van der Waals surface area contributed by atoms with Gasteiger partial charge < -0.3 is 13.8 Å². The molecule has 31 heavy (non-hydrogen) atoms. The summed E-state index contributed by atoms with van der Waals surface area (Å²) in [6.45, 7) is 13.4. The minimum absolute atomic E-state index is 0.0761. The molecule has 6 heteroatoms. The number of benzene rings is 1. The molecule has 1 aromatic carbocycles. The molecule has 0 atom stereocenters. The van der Waals surface area contributed by atoms with Crippen LogP contribution in [-0.2, 0) is 9.31 Å². The van der Waals surface area contributed by atoms with Crippen LogP contribution < -0.4 is 5.19 Å². The van der Waals surface area contributed by atoms with Gasteiger partial charge in [-0.1, -0.05) is 43.4 Å². The first-order valence-corrected chi connectivity index (χ1v) is 15.3. The van der Waals surface area contributed by atoms with E-state index in [9.17, 15) is 0 Å². The van der Waals surface area contributed by atoms with E-state index in [1.807, 2.05) is 0 Å². The Morgan fingerprint density at radius 2 is 1.35 bits per heavy atom. The van der Waals surface area contributed by atoms with Crippen LogP contribution in [0.3, 0.4) is 0 Å². The van der Waals surface area contributed by atoms with Crippen molar-refractivity contribution >= 4 is 33.6 Å². The van der Waals surface area contributed by atoms with Crippen molar-refractivity contribution in [2.45, 2.75) is 96.1 Å². The molecule has 3 nitrogen and oxygen atoms in total. The first-order chi connectivity index (χ1) is 14.4. The van der Waals surface area contributed by atoms with Gasteiger partial charge in [-0.2, -0.15) is 0 Å². The molecule has 0 N–H and O–H groups in total. The minimum atomic E-state index is -2.15. The van der Waals surface area contributed by atoms with Crippen molar-refractivity contribution in [1.29, 1.82) is 0 Å². The topological polar surface area (TPSA) is 21.5 Å². The van der Waals surface area contributed by atoms with Crippen molar-refractivity contribution < 1.29 is 13.8 Å². The minimum Gasteiger partial charge on any atom is -0.546 e. The second kappa shape index (κ2) is 7.08. The summed E-state index contributed by atoms with van der Waals surface area (Å²) in [5.74, 6) is 2.54. The molecule has 4 saturated carbocycles. The van der Waals surface area contributed by atoms with Gasteiger partial charge in [0.15, 0.2) is 8.07 Å². The van der Waals surface area contributed by atoms with Crippen LogP contribution in [0.25, 0.3) is 0 Å². The Hall–Kier alpha value is -0.843. The van der Waals surface area contributed by atoms with Gasteiger partial charge in [0.1, 0.15) is 10.8 Å². The van der Waals surface area contributed by atoms with E-state index >= 15 is 0 Å². The smallest absolute Gasteiger partial charge is 0.546 e. The molecule has 0 aromatic heterocycles. The lowest BCUT2D eigenvalue weighted by atomic mass is 9.52. The van der Waals surface area contributed by atoms with E-state index in [4.69, 9.17) is 17.3 Å². The zero-order valence-electron chi connectivity index (χ0n) is 20.3. The molecule has 1 heterocycles. The molecule has 6 rings (SSSR count). The van der Waals surface area contributed by atoms with Crippen LogP contribution in [-0.4, -0.2) is 49.6 Å². The number of hydrogen-bond acceptors (Lipinski definition) is 2. The maximum absolute atomic E-state index is 7.27. The van der Waals surface area contributed by atoms with Gasteiger partial charge in [0, 0.05) is 19.3 Å². The highest BCUT2D eigenvalue weighted by atomic mass is 28.3. The van der Waals surface area contributed by atoms with Crippen molar-refractivity contribution in [3.8, 4) is 0 Å². The van der Waals surface area contributed by atoms with Gasteiger partial charge in [-0.15, -0.1) is 7.98 Å². The van der Waals surface area contributed by atoms with E-state index in [-0.39, 0.29) is 23.9 Å². The van der Waals surface area contributed by atoms with Gasteiger partial charge in [0.2, 0.25) is 0 Å². The lowest BCUT2D eigenvalue weighted by Crippen LogP contribution is -2.66. The zero-order valence-corrected chi connectivity index (χ0v) is 21.3. The molecule has 5 fully saturated rings. The maximum atomic E-state index is 7.27. The van der Waals surface area contributed by atoms with Crippen molar-refractivity contribution in [2.24, 2.45) is 17.8 Å². The second-order valence-corrected chi connectivity index (χ2v) is 16.8. The van der Waals surface area contributed by atoms with E-state index in [1.54, 1.807) is 0 Å². The van der Waals surface area contributed by atoms with E-state index in [1.165, 1.54) is 48.9 Å². The largest absolute Gasteiger partial charge is 0.548 e. The monoisotopic (exact) mass is 434 g/mol. The Labute approximate surface area is 191 Å². The van der Waals surface area contributed by atoms with Gasteiger partial charge in [0.05, 0.1) is 11.2 Å². The summed E-state index contributed by atoms with van der Waals surface area (Å²) < 4.78 is 15.6. The fraction of sp³-hybridized carbons (Fsp3) is 0.720. The molecule has 4 aliphatic carbocycles. The maximum Gasteiger partial charge on any atom is 0.548 e. The Morgan fingerprint density at radius 1 is 0.903 bits per heavy atom. The van der Waals surface area contributed by atoms with E-state index < -0.39 is 8.07 Å². The number of nitrogens with zero attached hydrogens (tertiary/aromatic N) is 1. The Morgan fingerprint density at radius 3 is 1.81 bits per heavy atom. The quantitative estimate of drug-likeness (QED) is 0.522. The average molecular weight is 434 g/mol. The highest BCUT2D eigenvalue weighted by molar-refractivity contribution is 7.28. The highest BCUT2D eigenvalue weighted by Crippen LogP contribution is 2.57. The predicted octanol–water partition coefficient (Wildman–Crippen LogP) is 4.28. The van der Waals surface area contributed by atoms with Crippen LogP contribution in [0.1, 0.15) is 66.2 Å². The molecule has 5 aliphatic rings. The van der Waals surface area contributed by atoms with Gasteiger partial charge in [-0.25, -0.2) is 0 Å². The fourth-order valence-electron chi connectivity index (χ4n) is 7.28. The van der Waals surface area contributed by atoms with E-state index in [2.05, 4.69) is 75.6 Å². The van der Waals surface area contributed by atoms with Crippen LogP contribution in [0.4, 0.5) is 0 Å². The Bertz CT molecular complexity index is 845. The third-order valence-electron chi connectivity index (χ3n) is 9.39. The van der Waals surface area contributed by atoms with Crippen molar-refractivity contribution in [3.05, 3.63) is 30.3 Å². The Balaban J connectivity index is 1.64. The molecular weight excluding hydrogens is 396 g/mol. The van der Waals surface area contributed by atoms with Crippen LogP contribution in [0.5, 0.6) is 0 Å². The lowest BCUT2D eigenvalue weighted by molar-refractivity contribution is -0.502. The first-order valence-electron chi connectivity index (χ1n) is 12.3. The van der Waals surface area contributed by atoms with Gasteiger partial charge >= 0.3 is 7.12 Å². The van der Waals surface area contributed by atoms with Crippen molar-refractivity contribution in [1.82, 2.24) is 0 Å². The Kier molecular flexibility index (Phi) is 5.02. The lowest BCUT2D eigenvalue weighted by Gasteiger charge is -2.58. The summed E-state index contributed by atoms with van der Waals surface area (Å²) >= 11 is 0. The summed E-state index contributed by atoms with van der Waals surface area (Å²) in [6.07, 6.45) is 7.95. The molecule has 0 spiro atoms. The molecule has 3 radical (unpaired) electrons. The predicted molar refractivity (Wildman–Crippen MR) is 132 cm³/mol. The summed E-state index contributed by atoms with van der Waals surface area (Å²) in [7, 11) is 4.74. The van der Waals surface area contributed by atoms with Crippen LogP contribution >= 0.6 is 0 Å². The second-order valence-electron chi connectivity index (χ2n) is 12.5. The van der Waals surface area contributed by atoms with E-state index in [0.717, 1.165) is 17.8 Å². The molecule has 165 valence electrons. The van der Waals surface area contributed by atoms with Gasteiger partial charge in [-0.05, 0) is 69.9 Å². The zero-order chi connectivity index (χ0) is 22.2. The van der Waals surface area contributed by atoms with Crippen LogP contribution in [0, 0.1) is 17.8 Å². The molecule has 1 aliphatic heterocycles. The third-order valence-corrected chi connectivity index (χ3v) is 12.9. The molecule has 1 saturated heterocycles. The third kappa shape index (κ3) is 3.43. The van der Waals surface area contributed by atoms with Crippen LogP contribution in [0.2, 0.25) is 13.1 Å². The van der Waals surface area contributed by atoms with Gasteiger partial charge in [-0.3, -0.25) is 0 Å². The summed E-state index contributed by atoms with van der Waals surface area (Å²) in [5, 5.41) is 2.61. The molecule has 1 aromatic rings. The SMILES string of the molecule is [B-]/[N+](=C(/B1OC(C)(C)C(C)(C)O1)[Si](C)(C)c1ccccc1)C12CC3CC(CC(C3)C1)C2. The molecule has 0 amide bonds. The fourth-order valence-corrected chi connectivity index (χ4v) is 10.2. The number of hydrogen-bond donors (Lipinski definition) is 0. The highest BCUT2D eigenvalue weighted by Gasteiger charge is 2.60. The summed E-state index contributed by atoms with van der Waals surface area (Å²) in [6, 6.07) is 10.9. The summed E-state index contributed by atoms with van der Waals surface area (Å²) in [4.78, 5) is 0. The van der Waals surface area contributed by atoms with E-state index in [0.29, 0.717) is 0 Å². The van der Waals surface area contributed by atoms with Crippen molar-refractivity contribution in [3.63, 3.8) is 0 Å². The van der Waals surface area contributed by atoms with Crippen LogP contribution in [0.15, 0.2) is 30.3 Å². The first kappa shape index (κ1) is 22.0. The van der Waals surface area contributed by atoms with Gasteiger partial charge in [0.25, 0.3) is 0 Å².